The maximum atomic E-state index is 12.3. The van der Waals surface area contributed by atoms with Crippen LogP contribution in [0.3, 0.4) is 0 Å². The van der Waals surface area contributed by atoms with E-state index in [1.807, 2.05) is 0 Å². The SMILES string of the molecule is CCCCCCCCCCO[C@@H]1[C@H]2OC(C)(C)O[C@H]2O[C@@H]1/C=N/OC(=O)NS(=O)(=O)c1ccc(Cl)cc1. The Hall–Kier alpha value is -1.76. The molecule has 37 heavy (non-hydrogen) atoms. The number of unbranched alkanes of at least 4 members (excludes halogenated alkanes) is 7. The number of hydrogen-bond donors (Lipinski definition) is 1. The van der Waals surface area contributed by atoms with Gasteiger partial charge in [-0.2, -0.15) is 0 Å². The van der Waals surface area contributed by atoms with Gasteiger partial charge in [-0.15, -0.1) is 0 Å². The number of fused-ring (bicyclic) bond motifs is 1. The van der Waals surface area contributed by atoms with Crippen LogP contribution in [0.2, 0.25) is 5.02 Å². The normalized spacial score (nSPS) is 24.9. The van der Waals surface area contributed by atoms with Crippen molar-refractivity contribution in [1.29, 1.82) is 0 Å². The lowest BCUT2D eigenvalue weighted by Gasteiger charge is -2.24. The zero-order valence-electron chi connectivity index (χ0n) is 21.6. The van der Waals surface area contributed by atoms with E-state index in [4.69, 9.17) is 35.4 Å². The molecule has 2 heterocycles. The van der Waals surface area contributed by atoms with Crippen LogP contribution in [0.5, 0.6) is 0 Å². The number of oxime groups is 1. The van der Waals surface area contributed by atoms with Crippen LogP contribution >= 0.6 is 11.6 Å². The number of nitrogens with zero attached hydrogens (tertiary/aromatic N) is 1. The first kappa shape index (κ1) is 29.8. The average Bonchev–Trinajstić information content (AvgIpc) is 3.29. The Morgan fingerprint density at radius 1 is 1.08 bits per heavy atom. The van der Waals surface area contributed by atoms with Gasteiger partial charge in [0, 0.05) is 11.6 Å². The summed E-state index contributed by atoms with van der Waals surface area (Å²) in [5.41, 5.74) is 0. The summed E-state index contributed by atoms with van der Waals surface area (Å²) in [5.74, 6) is -0.816. The summed E-state index contributed by atoms with van der Waals surface area (Å²) in [5, 5.41) is 3.98. The molecule has 1 N–H and O–H groups in total. The fraction of sp³-hybridized carbons (Fsp3) is 0.680. The third kappa shape index (κ3) is 9.19. The molecule has 1 aromatic carbocycles. The zero-order chi connectivity index (χ0) is 26.9. The van der Waals surface area contributed by atoms with Crippen LogP contribution in [-0.2, 0) is 33.8 Å². The van der Waals surface area contributed by atoms with Crippen molar-refractivity contribution >= 4 is 33.9 Å². The third-order valence-corrected chi connectivity index (χ3v) is 7.60. The van der Waals surface area contributed by atoms with Gasteiger partial charge in [0.25, 0.3) is 10.0 Å². The van der Waals surface area contributed by atoms with Crippen molar-refractivity contribution in [3.63, 3.8) is 0 Å². The number of hydrogen-bond acceptors (Lipinski definition) is 9. The van der Waals surface area contributed by atoms with Crippen LogP contribution in [0.25, 0.3) is 0 Å². The first-order valence-electron chi connectivity index (χ1n) is 12.8. The minimum Gasteiger partial charge on any atom is -0.372 e. The second kappa shape index (κ2) is 13.9. The Morgan fingerprint density at radius 3 is 2.41 bits per heavy atom. The molecule has 0 radical (unpaired) electrons. The van der Waals surface area contributed by atoms with Gasteiger partial charge in [0.2, 0.25) is 0 Å². The quantitative estimate of drug-likeness (QED) is 0.144. The van der Waals surface area contributed by atoms with E-state index >= 15 is 0 Å². The number of nitrogens with one attached hydrogen (secondary N) is 1. The molecule has 0 unspecified atom stereocenters. The van der Waals surface area contributed by atoms with E-state index in [0.29, 0.717) is 11.6 Å². The second-order valence-corrected chi connectivity index (χ2v) is 11.7. The monoisotopic (exact) mass is 560 g/mol. The topological polar surface area (TPSA) is 122 Å². The van der Waals surface area contributed by atoms with Gasteiger partial charge in [-0.3, -0.25) is 4.84 Å². The van der Waals surface area contributed by atoms with Gasteiger partial charge >= 0.3 is 6.09 Å². The maximum absolute atomic E-state index is 12.3. The third-order valence-electron chi connectivity index (χ3n) is 6.02. The summed E-state index contributed by atoms with van der Waals surface area (Å²) in [7, 11) is -4.14. The van der Waals surface area contributed by atoms with E-state index in [-0.39, 0.29) is 4.90 Å². The summed E-state index contributed by atoms with van der Waals surface area (Å²) in [4.78, 5) is 16.6. The summed E-state index contributed by atoms with van der Waals surface area (Å²) in [6, 6.07) is 5.32. The highest BCUT2D eigenvalue weighted by molar-refractivity contribution is 7.90. The predicted octanol–water partition coefficient (Wildman–Crippen LogP) is 5.14. The predicted molar refractivity (Wildman–Crippen MR) is 138 cm³/mol. The van der Waals surface area contributed by atoms with E-state index < -0.39 is 46.5 Å². The lowest BCUT2D eigenvalue weighted by molar-refractivity contribution is -0.209. The van der Waals surface area contributed by atoms with Crippen LogP contribution in [0, 0.1) is 0 Å². The molecule has 208 valence electrons. The van der Waals surface area contributed by atoms with Crippen LogP contribution in [0.1, 0.15) is 72.1 Å². The first-order valence-corrected chi connectivity index (χ1v) is 14.6. The molecule has 0 spiro atoms. The van der Waals surface area contributed by atoms with E-state index in [9.17, 15) is 13.2 Å². The van der Waals surface area contributed by atoms with Crippen molar-refractivity contribution in [2.45, 2.75) is 107 Å². The number of sulfonamides is 1. The first-order chi connectivity index (χ1) is 17.6. The highest BCUT2D eigenvalue weighted by Gasteiger charge is 2.55. The highest BCUT2D eigenvalue weighted by atomic mass is 35.5. The molecule has 1 aromatic rings. The Morgan fingerprint density at radius 2 is 1.73 bits per heavy atom. The van der Waals surface area contributed by atoms with Crippen molar-refractivity contribution < 1.29 is 37.0 Å². The molecular formula is C25H37ClN2O8S. The molecule has 2 aliphatic heterocycles. The number of rotatable bonds is 14. The van der Waals surface area contributed by atoms with Gasteiger partial charge in [0.05, 0.1) is 11.1 Å². The zero-order valence-corrected chi connectivity index (χ0v) is 23.1. The molecular weight excluding hydrogens is 524 g/mol. The van der Waals surface area contributed by atoms with E-state index in [1.165, 1.54) is 69.0 Å². The molecule has 0 saturated carbocycles. The van der Waals surface area contributed by atoms with Crippen molar-refractivity contribution in [1.82, 2.24) is 4.72 Å². The molecule has 10 nitrogen and oxygen atoms in total. The van der Waals surface area contributed by atoms with Crippen LogP contribution in [0.4, 0.5) is 4.79 Å². The molecule has 2 saturated heterocycles. The number of benzene rings is 1. The van der Waals surface area contributed by atoms with Gasteiger partial charge < -0.3 is 18.9 Å². The molecule has 0 bridgehead atoms. The second-order valence-electron chi connectivity index (χ2n) is 9.57. The number of carbonyl (C=O) groups is 1. The average molecular weight is 561 g/mol. The number of carbonyl (C=O) groups excluding carboxylic acids is 1. The Bertz CT molecular complexity index is 1000. The van der Waals surface area contributed by atoms with Crippen molar-refractivity contribution in [2.75, 3.05) is 6.61 Å². The molecule has 2 fully saturated rings. The van der Waals surface area contributed by atoms with Crippen LogP contribution in [0.15, 0.2) is 34.3 Å². The largest absolute Gasteiger partial charge is 0.447 e. The molecule has 0 aliphatic carbocycles. The van der Waals surface area contributed by atoms with Gasteiger partial charge in [-0.05, 0) is 44.5 Å². The highest BCUT2D eigenvalue weighted by Crippen LogP contribution is 2.38. The molecule has 0 aromatic heterocycles. The van der Waals surface area contributed by atoms with Crippen LogP contribution < -0.4 is 4.72 Å². The number of amides is 1. The van der Waals surface area contributed by atoms with Crippen molar-refractivity contribution in [3.05, 3.63) is 29.3 Å². The standard InChI is InChI=1S/C25H37ClN2O8S/c1-4-5-6-7-8-9-10-11-16-32-21-20(33-23-22(21)34-25(2,3)35-23)17-27-36-24(29)28-37(30,31)19-14-12-18(26)13-15-19/h12-15,17,20-23H,4-11,16H2,1-3H3,(H,28,29)/b27-17+/t20-,21+,22-,23-/m1/s1. The molecule has 12 heteroatoms. The molecule has 2 aliphatic rings. The molecule has 1 amide bonds. The summed E-state index contributed by atoms with van der Waals surface area (Å²) in [6.07, 6.45) is 7.06. The Kier molecular flexibility index (Phi) is 11.2. The smallest absolute Gasteiger partial charge is 0.372 e. The Labute approximate surface area is 224 Å². The fourth-order valence-electron chi connectivity index (χ4n) is 4.21. The summed E-state index contributed by atoms with van der Waals surface area (Å²) < 4.78 is 50.1. The number of ether oxygens (including phenoxy) is 4. The minimum absolute atomic E-state index is 0.142. The fourth-order valence-corrected chi connectivity index (χ4v) is 5.20. The maximum Gasteiger partial charge on any atom is 0.447 e. The van der Waals surface area contributed by atoms with Gasteiger partial charge in [0.1, 0.15) is 18.3 Å². The van der Waals surface area contributed by atoms with Crippen molar-refractivity contribution in [2.24, 2.45) is 5.16 Å². The van der Waals surface area contributed by atoms with Gasteiger partial charge in [-0.25, -0.2) is 17.9 Å². The van der Waals surface area contributed by atoms with Crippen LogP contribution in [-0.4, -0.2) is 57.7 Å². The number of halogens is 1. The lowest BCUT2D eigenvalue weighted by atomic mass is 10.1. The van der Waals surface area contributed by atoms with E-state index in [1.54, 1.807) is 18.6 Å². The Balaban J connectivity index is 1.48. The summed E-state index contributed by atoms with van der Waals surface area (Å²) in [6.45, 7) is 6.31. The molecule has 4 atom stereocenters. The van der Waals surface area contributed by atoms with Gasteiger partial charge in [0.15, 0.2) is 12.1 Å². The lowest BCUT2D eigenvalue weighted by Crippen LogP contribution is -2.38. The van der Waals surface area contributed by atoms with Gasteiger partial charge in [-0.1, -0.05) is 68.6 Å². The van der Waals surface area contributed by atoms with Crippen molar-refractivity contribution in [3.8, 4) is 0 Å². The molecule has 3 rings (SSSR count). The van der Waals surface area contributed by atoms with E-state index in [0.717, 1.165) is 12.8 Å². The summed E-state index contributed by atoms with van der Waals surface area (Å²) >= 11 is 5.77. The minimum atomic E-state index is -4.14. The van der Waals surface area contributed by atoms with E-state index in [2.05, 4.69) is 12.1 Å².